The second-order valence-electron chi connectivity index (χ2n) is 10.2. The first-order chi connectivity index (χ1) is 17.5. The monoisotopic (exact) mass is 506 g/mol. The number of nitrogens with zero attached hydrogens (tertiary/aromatic N) is 4. The number of para-hydroxylation sites is 1. The van der Waals surface area contributed by atoms with Crippen molar-refractivity contribution < 1.29 is 19.1 Å². The van der Waals surface area contributed by atoms with Gasteiger partial charge in [-0.1, -0.05) is 24.3 Å². The van der Waals surface area contributed by atoms with Crippen molar-refractivity contribution in [3.63, 3.8) is 0 Å². The quantitative estimate of drug-likeness (QED) is 0.649. The molecule has 196 valence electrons. The molecule has 1 fully saturated rings. The number of hydrogen-bond acceptors (Lipinski definition) is 6. The number of hydrogen-bond donors (Lipinski definition) is 2. The van der Waals surface area contributed by atoms with E-state index >= 15 is 0 Å². The van der Waals surface area contributed by atoms with Gasteiger partial charge in [0.1, 0.15) is 11.4 Å². The summed E-state index contributed by atoms with van der Waals surface area (Å²) in [5.41, 5.74) is 2.54. The Bertz CT molecular complexity index is 1210. The second-order valence-corrected chi connectivity index (χ2v) is 10.2. The fraction of sp³-hybridized carbons (Fsp3) is 0.407. The maximum Gasteiger partial charge on any atom is 0.410 e. The third kappa shape index (κ3) is 6.19. The molecule has 2 aliphatic heterocycles. The minimum atomic E-state index is -1.12. The highest BCUT2D eigenvalue weighted by Gasteiger charge is 2.34. The maximum atomic E-state index is 13.3. The van der Waals surface area contributed by atoms with Gasteiger partial charge in [0.05, 0.1) is 5.69 Å². The summed E-state index contributed by atoms with van der Waals surface area (Å²) in [6.45, 7) is 9.37. The van der Waals surface area contributed by atoms with Crippen molar-refractivity contribution in [3.05, 3.63) is 59.7 Å². The van der Waals surface area contributed by atoms with E-state index in [1.165, 1.54) is 4.90 Å². The first-order valence-corrected chi connectivity index (χ1v) is 12.3. The number of nitrogens with one attached hydrogen (secondary N) is 2. The van der Waals surface area contributed by atoms with Gasteiger partial charge in [0, 0.05) is 44.5 Å². The van der Waals surface area contributed by atoms with Crippen LogP contribution in [-0.4, -0.2) is 78.7 Å². The highest BCUT2D eigenvalue weighted by Crippen LogP contribution is 2.26. The molecule has 0 radical (unpaired) electrons. The van der Waals surface area contributed by atoms with E-state index in [0.717, 1.165) is 11.1 Å². The van der Waals surface area contributed by atoms with Crippen LogP contribution in [0.5, 0.6) is 0 Å². The number of benzodiazepines with no additional fused rings is 1. The Hall–Kier alpha value is -4.08. The van der Waals surface area contributed by atoms with Crippen molar-refractivity contribution in [2.24, 2.45) is 4.99 Å². The molecular formula is C27H34N6O4. The highest BCUT2D eigenvalue weighted by molar-refractivity contribution is 6.12. The molecule has 0 spiro atoms. The number of carbonyl (C=O) groups is 3. The third-order valence-electron chi connectivity index (χ3n) is 6.10. The van der Waals surface area contributed by atoms with Gasteiger partial charge < -0.3 is 30.1 Å². The number of urea groups is 1. The van der Waals surface area contributed by atoms with Crippen molar-refractivity contribution in [2.45, 2.75) is 39.5 Å². The Balaban J connectivity index is 1.56. The zero-order chi connectivity index (χ0) is 26.7. The third-order valence-corrected chi connectivity index (χ3v) is 6.10. The molecular weight excluding hydrogens is 472 g/mol. The number of rotatable bonds is 2. The predicted octanol–water partition coefficient (Wildman–Crippen LogP) is 3.42. The summed E-state index contributed by atoms with van der Waals surface area (Å²) >= 11 is 0. The molecule has 37 heavy (non-hydrogen) atoms. The lowest BCUT2D eigenvalue weighted by molar-refractivity contribution is -0.119. The van der Waals surface area contributed by atoms with Crippen LogP contribution in [0.1, 0.15) is 31.9 Å². The van der Waals surface area contributed by atoms with Gasteiger partial charge in [-0.2, -0.15) is 0 Å². The Morgan fingerprint density at radius 1 is 1.03 bits per heavy atom. The van der Waals surface area contributed by atoms with Crippen LogP contribution in [0.25, 0.3) is 0 Å². The number of anilines is 2. The second kappa shape index (κ2) is 10.5. The molecule has 2 heterocycles. The van der Waals surface area contributed by atoms with Crippen LogP contribution in [0.4, 0.5) is 21.0 Å². The molecule has 1 unspecified atom stereocenters. The first-order valence-electron chi connectivity index (χ1n) is 12.3. The fourth-order valence-electron chi connectivity index (χ4n) is 4.29. The lowest BCUT2D eigenvalue weighted by Gasteiger charge is -2.37. The molecule has 2 N–H and O–H groups in total. The zero-order valence-electron chi connectivity index (χ0n) is 21.9. The highest BCUT2D eigenvalue weighted by atomic mass is 16.6. The van der Waals surface area contributed by atoms with Crippen molar-refractivity contribution in [1.82, 2.24) is 15.1 Å². The number of fused-ring (bicyclic) bond motifs is 1. The topological polar surface area (TPSA) is 107 Å². The number of piperazine rings is 1. The summed E-state index contributed by atoms with van der Waals surface area (Å²) in [6.07, 6.45) is -1.47. The van der Waals surface area contributed by atoms with E-state index in [2.05, 4.69) is 10.6 Å². The molecule has 0 bridgehead atoms. The minimum absolute atomic E-state index is 0.349. The summed E-state index contributed by atoms with van der Waals surface area (Å²) in [4.78, 5) is 48.7. The van der Waals surface area contributed by atoms with Gasteiger partial charge in [0.2, 0.25) is 6.17 Å². The maximum absolute atomic E-state index is 13.3. The van der Waals surface area contributed by atoms with Crippen molar-refractivity contribution in [1.29, 1.82) is 0 Å². The molecule has 10 heteroatoms. The van der Waals surface area contributed by atoms with E-state index in [1.54, 1.807) is 18.0 Å². The normalized spacial score (nSPS) is 18.0. The number of carbonyl (C=O) groups excluding carboxylic acids is 3. The molecule has 4 rings (SSSR count). The average molecular weight is 507 g/mol. The van der Waals surface area contributed by atoms with Crippen molar-refractivity contribution >= 4 is 35.2 Å². The van der Waals surface area contributed by atoms with Gasteiger partial charge in [-0.05, 0) is 57.5 Å². The summed E-state index contributed by atoms with van der Waals surface area (Å²) in [6, 6.07) is 14.4. The molecule has 2 aliphatic rings. The zero-order valence-corrected chi connectivity index (χ0v) is 21.9. The number of benzene rings is 2. The van der Waals surface area contributed by atoms with E-state index < -0.39 is 17.8 Å². The van der Waals surface area contributed by atoms with Crippen LogP contribution < -0.4 is 15.5 Å². The molecule has 4 amide bonds. The Morgan fingerprint density at radius 3 is 2.41 bits per heavy atom. The lowest BCUT2D eigenvalue weighted by atomic mass is 10.1. The lowest BCUT2D eigenvalue weighted by Crippen LogP contribution is -2.52. The first kappa shape index (κ1) is 26.0. The van der Waals surface area contributed by atoms with E-state index in [0.29, 0.717) is 43.4 Å². The van der Waals surface area contributed by atoms with Crippen LogP contribution >= 0.6 is 0 Å². The van der Waals surface area contributed by atoms with Crippen molar-refractivity contribution in [2.75, 3.05) is 43.4 Å². The molecule has 2 aromatic rings. The molecule has 10 nitrogen and oxygen atoms in total. The van der Waals surface area contributed by atoms with Crippen LogP contribution in [0.15, 0.2) is 53.5 Å². The standard InChI is InChI=1S/C27H34N6O4/c1-18-9-8-10-19(17-18)28-25(35)30-22-24(34)31(5)21-12-7-6-11-20(21)23(29-22)32-13-15-33(16-14-32)26(36)37-27(2,3)4/h6-12,17,22H,13-16H2,1-5H3,(H2,28,30,35). The number of aryl methyl sites for hydroxylation is 1. The molecule has 2 aromatic carbocycles. The molecule has 0 saturated carbocycles. The van der Waals surface area contributed by atoms with E-state index in [9.17, 15) is 14.4 Å². The number of ether oxygens (including phenoxy) is 1. The van der Waals surface area contributed by atoms with Gasteiger partial charge in [-0.25, -0.2) is 14.6 Å². The summed E-state index contributed by atoms with van der Waals surface area (Å²) in [5.74, 6) is 0.243. The SMILES string of the molecule is Cc1cccc(NC(=O)NC2N=C(N3CCN(C(=O)OC(C)(C)C)CC3)c3ccccc3N(C)C2=O)c1. The predicted molar refractivity (Wildman–Crippen MR) is 143 cm³/mol. The average Bonchev–Trinajstić information content (AvgIpc) is 2.94. The van der Waals surface area contributed by atoms with Gasteiger partial charge >= 0.3 is 12.1 Å². The van der Waals surface area contributed by atoms with Gasteiger partial charge in [-0.3, -0.25) is 4.79 Å². The van der Waals surface area contributed by atoms with Crippen LogP contribution in [0, 0.1) is 6.92 Å². The van der Waals surface area contributed by atoms with Gasteiger partial charge in [0.15, 0.2) is 0 Å². The molecule has 0 aliphatic carbocycles. The summed E-state index contributed by atoms with van der Waals surface area (Å²) in [7, 11) is 1.67. The Morgan fingerprint density at radius 2 is 1.73 bits per heavy atom. The number of amides is 4. The summed E-state index contributed by atoms with van der Waals surface area (Å²) < 4.78 is 5.51. The fourth-order valence-corrected chi connectivity index (χ4v) is 4.29. The van der Waals surface area contributed by atoms with Crippen LogP contribution in [0.2, 0.25) is 0 Å². The summed E-state index contributed by atoms with van der Waals surface area (Å²) in [5, 5.41) is 5.50. The minimum Gasteiger partial charge on any atom is -0.444 e. The van der Waals surface area contributed by atoms with Gasteiger partial charge in [-0.15, -0.1) is 0 Å². The number of likely N-dealkylation sites (N-methyl/N-ethyl adjacent to an activating group) is 1. The van der Waals surface area contributed by atoms with Crippen LogP contribution in [0.3, 0.4) is 0 Å². The van der Waals surface area contributed by atoms with E-state index in [1.807, 2.05) is 75.1 Å². The largest absolute Gasteiger partial charge is 0.444 e. The number of amidine groups is 1. The Labute approximate surface area is 217 Å². The van der Waals surface area contributed by atoms with Crippen LogP contribution in [-0.2, 0) is 9.53 Å². The smallest absolute Gasteiger partial charge is 0.410 e. The van der Waals surface area contributed by atoms with E-state index in [-0.39, 0.29) is 12.0 Å². The molecule has 0 aromatic heterocycles. The van der Waals surface area contributed by atoms with Crippen molar-refractivity contribution in [3.8, 4) is 0 Å². The van der Waals surface area contributed by atoms with Gasteiger partial charge in [0.25, 0.3) is 5.91 Å². The Kier molecular flexibility index (Phi) is 7.37. The molecule has 1 saturated heterocycles. The molecule has 1 atom stereocenters. The van der Waals surface area contributed by atoms with E-state index in [4.69, 9.17) is 9.73 Å². The number of aliphatic imine (C=N–C) groups is 1.